The average Bonchev–Trinajstić information content (AvgIpc) is 2.65. The Balaban J connectivity index is 2.41. The quantitative estimate of drug-likeness (QED) is 0.845. The van der Waals surface area contributed by atoms with Crippen LogP contribution in [0.1, 0.15) is 18.5 Å². The number of aromatic nitrogens is 3. The molecule has 15 heavy (non-hydrogen) atoms. The highest BCUT2D eigenvalue weighted by molar-refractivity contribution is 6.30. The topological polar surface area (TPSA) is 56.7 Å². The summed E-state index contributed by atoms with van der Waals surface area (Å²) in [5.74, 6) is 0.719. The van der Waals surface area contributed by atoms with E-state index in [1.807, 2.05) is 19.1 Å². The Bertz CT molecular complexity index is 464. The fraction of sp³-hybridized carbons (Fsp3) is 0.200. The third-order valence-corrected chi connectivity index (χ3v) is 2.28. The molecule has 2 N–H and O–H groups in total. The minimum absolute atomic E-state index is 0.0159. The summed E-state index contributed by atoms with van der Waals surface area (Å²) < 4.78 is 1.62. The summed E-state index contributed by atoms with van der Waals surface area (Å²) in [5.41, 5.74) is 6.80. The van der Waals surface area contributed by atoms with E-state index in [4.69, 9.17) is 17.3 Å². The van der Waals surface area contributed by atoms with Crippen molar-refractivity contribution in [3.63, 3.8) is 0 Å². The Kier molecular flexibility index (Phi) is 2.70. The second-order valence-corrected chi connectivity index (χ2v) is 3.78. The molecular formula is C10H11ClN4. The molecule has 0 amide bonds. The van der Waals surface area contributed by atoms with Gasteiger partial charge >= 0.3 is 0 Å². The van der Waals surface area contributed by atoms with Gasteiger partial charge in [0, 0.05) is 12.2 Å². The number of rotatable bonds is 2. The first kappa shape index (κ1) is 10.1. The molecule has 0 fully saturated rings. The van der Waals surface area contributed by atoms with Crippen LogP contribution in [-0.4, -0.2) is 14.8 Å². The second-order valence-electron chi connectivity index (χ2n) is 3.34. The van der Waals surface area contributed by atoms with Crippen molar-refractivity contribution in [3.05, 3.63) is 41.3 Å². The van der Waals surface area contributed by atoms with Crippen LogP contribution in [0.5, 0.6) is 0 Å². The summed E-state index contributed by atoms with van der Waals surface area (Å²) in [6, 6.07) is 3.77. The third kappa shape index (κ3) is 2.16. The number of hydrogen-bond donors (Lipinski definition) is 1. The molecule has 0 radical (unpaired) electrons. The van der Waals surface area contributed by atoms with Crippen LogP contribution in [0.4, 0.5) is 0 Å². The molecule has 0 unspecified atom stereocenters. The van der Waals surface area contributed by atoms with E-state index in [1.54, 1.807) is 23.3 Å². The van der Waals surface area contributed by atoms with Crippen LogP contribution < -0.4 is 5.73 Å². The van der Waals surface area contributed by atoms with Gasteiger partial charge in [0.05, 0.1) is 17.4 Å². The minimum atomic E-state index is -0.0159. The summed E-state index contributed by atoms with van der Waals surface area (Å²) in [4.78, 5) is 4.19. The monoisotopic (exact) mass is 222 g/mol. The third-order valence-electron chi connectivity index (χ3n) is 2.08. The van der Waals surface area contributed by atoms with Gasteiger partial charge in [0.2, 0.25) is 0 Å². The summed E-state index contributed by atoms with van der Waals surface area (Å²) in [6.45, 7) is 1.93. The van der Waals surface area contributed by atoms with Crippen molar-refractivity contribution in [1.29, 1.82) is 0 Å². The first-order chi connectivity index (χ1) is 7.16. The maximum atomic E-state index is 5.78. The van der Waals surface area contributed by atoms with Gasteiger partial charge in [-0.2, -0.15) is 5.10 Å². The number of nitrogens with two attached hydrogens (primary N) is 1. The molecule has 0 saturated heterocycles. The van der Waals surface area contributed by atoms with E-state index in [9.17, 15) is 0 Å². The fourth-order valence-corrected chi connectivity index (χ4v) is 1.40. The smallest absolute Gasteiger partial charge is 0.153 e. The number of hydrogen-bond acceptors (Lipinski definition) is 3. The lowest BCUT2D eigenvalue weighted by Crippen LogP contribution is -2.07. The fourth-order valence-electron chi connectivity index (χ4n) is 1.27. The summed E-state index contributed by atoms with van der Waals surface area (Å²) >= 11 is 5.78. The highest BCUT2D eigenvalue weighted by atomic mass is 35.5. The van der Waals surface area contributed by atoms with Crippen molar-refractivity contribution >= 4 is 11.6 Å². The molecule has 0 aliphatic heterocycles. The van der Waals surface area contributed by atoms with Crippen molar-refractivity contribution < 1.29 is 0 Å². The van der Waals surface area contributed by atoms with Crippen LogP contribution in [0.3, 0.4) is 0 Å². The number of nitrogens with zero attached hydrogens (tertiary/aromatic N) is 3. The van der Waals surface area contributed by atoms with E-state index < -0.39 is 0 Å². The first-order valence-corrected chi connectivity index (χ1v) is 4.96. The zero-order valence-corrected chi connectivity index (χ0v) is 9.02. The van der Waals surface area contributed by atoms with Gasteiger partial charge in [0.1, 0.15) is 0 Å². The second kappa shape index (κ2) is 4.00. The molecule has 2 heterocycles. The van der Waals surface area contributed by atoms with Crippen LogP contribution in [0.15, 0.2) is 30.7 Å². The molecule has 0 saturated carbocycles. The molecule has 0 bridgehead atoms. The van der Waals surface area contributed by atoms with Gasteiger partial charge < -0.3 is 5.73 Å². The van der Waals surface area contributed by atoms with Crippen LogP contribution in [0.2, 0.25) is 5.02 Å². The molecule has 0 spiro atoms. The predicted molar refractivity (Wildman–Crippen MR) is 59.0 cm³/mol. The van der Waals surface area contributed by atoms with Gasteiger partial charge in [0.15, 0.2) is 5.82 Å². The van der Waals surface area contributed by atoms with Crippen molar-refractivity contribution in [1.82, 2.24) is 14.8 Å². The molecule has 2 aromatic heterocycles. The van der Waals surface area contributed by atoms with E-state index >= 15 is 0 Å². The molecule has 0 aliphatic carbocycles. The van der Waals surface area contributed by atoms with E-state index in [1.165, 1.54) is 0 Å². The van der Waals surface area contributed by atoms with Gasteiger partial charge in [-0.25, -0.2) is 9.67 Å². The molecule has 78 valence electrons. The zero-order chi connectivity index (χ0) is 10.8. The zero-order valence-electron chi connectivity index (χ0n) is 8.26. The van der Waals surface area contributed by atoms with Crippen molar-refractivity contribution in [2.45, 2.75) is 13.0 Å². The van der Waals surface area contributed by atoms with Crippen molar-refractivity contribution in [2.24, 2.45) is 5.73 Å². The van der Waals surface area contributed by atoms with E-state index in [0.717, 1.165) is 11.4 Å². The normalized spacial score (nSPS) is 12.7. The Morgan fingerprint density at radius 3 is 2.93 bits per heavy atom. The van der Waals surface area contributed by atoms with Gasteiger partial charge in [-0.05, 0) is 24.6 Å². The maximum Gasteiger partial charge on any atom is 0.153 e. The van der Waals surface area contributed by atoms with E-state index in [-0.39, 0.29) is 6.04 Å². The predicted octanol–water partition coefficient (Wildman–Crippen LogP) is 1.94. The van der Waals surface area contributed by atoms with E-state index in [2.05, 4.69) is 10.1 Å². The maximum absolute atomic E-state index is 5.78. The highest BCUT2D eigenvalue weighted by Crippen LogP contribution is 2.14. The number of halogens is 1. The Morgan fingerprint density at radius 1 is 1.53 bits per heavy atom. The van der Waals surface area contributed by atoms with Gasteiger partial charge in [-0.3, -0.25) is 0 Å². The first-order valence-electron chi connectivity index (χ1n) is 4.59. The average molecular weight is 223 g/mol. The van der Waals surface area contributed by atoms with Gasteiger partial charge in [-0.1, -0.05) is 11.6 Å². The lowest BCUT2D eigenvalue weighted by Gasteiger charge is -2.06. The molecule has 2 aromatic rings. The molecular weight excluding hydrogens is 212 g/mol. The lowest BCUT2D eigenvalue weighted by molar-refractivity contribution is 0.796. The standard InChI is InChI=1S/C10H11ClN4/c1-7(12)8-2-3-13-10(4-8)15-6-9(11)5-14-15/h2-7H,12H2,1H3/t7-/m0/s1. The molecule has 4 nitrogen and oxygen atoms in total. The summed E-state index contributed by atoms with van der Waals surface area (Å²) in [5, 5.41) is 4.65. The minimum Gasteiger partial charge on any atom is -0.324 e. The van der Waals surface area contributed by atoms with Crippen LogP contribution in [0, 0.1) is 0 Å². The van der Waals surface area contributed by atoms with Crippen LogP contribution >= 0.6 is 11.6 Å². The Morgan fingerprint density at radius 2 is 2.33 bits per heavy atom. The largest absolute Gasteiger partial charge is 0.324 e. The molecule has 2 rings (SSSR count). The molecule has 1 atom stereocenters. The molecule has 0 aliphatic rings. The van der Waals surface area contributed by atoms with Crippen molar-refractivity contribution in [2.75, 3.05) is 0 Å². The summed E-state index contributed by atoms with van der Waals surface area (Å²) in [7, 11) is 0. The lowest BCUT2D eigenvalue weighted by atomic mass is 10.1. The Labute approximate surface area is 92.7 Å². The molecule has 5 heteroatoms. The van der Waals surface area contributed by atoms with Crippen molar-refractivity contribution in [3.8, 4) is 5.82 Å². The van der Waals surface area contributed by atoms with Gasteiger partial charge in [0.25, 0.3) is 0 Å². The highest BCUT2D eigenvalue weighted by Gasteiger charge is 2.04. The molecule has 0 aromatic carbocycles. The number of pyridine rings is 1. The van der Waals surface area contributed by atoms with Gasteiger partial charge in [-0.15, -0.1) is 0 Å². The SMILES string of the molecule is C[C@H](N)c1ccnc(-n2cc(Cl)cn2)c1. The van der Waals surface area contributed by atoms with E-state index in [0.29, 0.717) is 5.02 Å². The van der Waals surface area contributed by atoms with Crippen LogP contribution in [0.25, 0.3) is 5.82 Å². The summed E-state index contributed by atoms with van der Waals surface area (Å²) in [6.07, 6.45) is 4.99. The van der Waals surface area contributed by atoms with Crippen LogP contribution in [-0.2, 0) is 0 Å². The Hall–Kier alpha value is -1.39.